The first-order valence-corrected chi connectivity index (χ1v) is 8.28. The number of fused-ring (bicyclic) bond motifs is 1. The Balaban J connectivity index is 1.60. The molecule has 1 aliphatic heterocycles. The Kier molecular flexibility index (Phi) is 4.79. The van der Waals surface area contributed by atoms with E-state index in [1.54, 1.807) is 0 Å². The van der Waals surface area contributed by atoms with Gasteiger partial charge in [-0.25, -0.2) is 4.79 Å². The summed E-state index contributed by atoms with van der Waals surface area (Å²) in [4.78, 5) is 30.3. The Morgan fingerprint density at radius 2 is 2.22 bits per heavy atom. The van der Waals surface area contributed by atoms with Gasteiger partial charge in [0.1, 0.15) is 6.04 Å². The minimum Gasteiger partial charge on any atom is -0.453 e. The maximum atomic E-state index is 12.5. The Hall–Kier alpha value is -2.11. The highest BCUT2D eigenvalue weighted by Crippen LogP contribution is 2.21. The zero-order valence-electron chi connectivity index (χ0n) is 13.5. The number of rotatable bonds is 3. The molecule has 1 aliphatic carbocycles. The van der Waals surface area contributed by atoms with E-state index >= 15 is 0 Å². The number of aromatic nitrogens is 1. The van der Waals surface area contributed by atoms with Gasteiger partial charge in [-0.15, -0.1) is 0 Å². The van der Waals surface area contributed by atoms with Gasteiger partial charge in [0.25, 0.3) is 0 Å². The summed E-state index contributed by atoms with van der Waals surface area (Å²) >= 11 is 0. The number of hydrogen-bond acceptors (Lipinski definition) is 4. The van der Waals surface area contributed by atoms with Gasteiger partial charge in [0.05, 0.1) is 7.11 Å². The van der Waals surface area contributed by atoms with Crippen molar-refractivity contribution in [3.63, 3.8) is 0 Å². The molecule has 1 aromatic rings. The standard InChI is InChI=1S/C17H23N3O3/c1-23-17(22)20-8-3-2-7-15(20)16(21)19-11-12-9-13-5-4-6-14(13)18-10-12/h9-10,15H,2-8,11H2,1H3,(H,19,21)/t15-/m1/s1. The average molecular weight is 317 g/mol. The van der Waals surface area contributed by atoms with Crippen LogP contribution in [0.5, 0.6) is 0 Å². The van der Waals surface area contributed by atoms with Crippen molar-refractivity contribution in [1.29, 1.82) is 0 Å². The molecule has 6 heteroatoms. The molecule has 1 aromatic heterocycles. The fraction of sp³-hybridized carbons (Fsp3) is 0.588. The summed E-state index contributed by atoms with van der Waals surface area (Å²) < 4.78 is 4.78. The number of ether oxygens (including phenoxy) is 1. The van der Waals surface area contributed by atoms with E-state index in [-0.39, 0.29) is 5.91 Å². The van der Waals surface area contributed by atoms with Crippen LogP contribution >= 0.6 is 0 Å². The third-order valence-corrected chi connectivity index (χ3v) is 4.66. The summed E-state index contributed by atoms with van der Waals surface area (Å²) in [6, 6.07) is 1.70. The van der Waals surface area contributed by atoms with Crippen LogP contribution in [0.2, 0.25) is 0 Å². The molecule has 1 N–H and O–H groups in total. The second-order valence-electron chi connectivity index (χ2n) is 6.20. The number of methoxy groups -OCH3 is 1. The van der Waals surface area contributed by atoms with Gasteiger partial charge in [-0.2, -0.15) is 0 Å². The molecule has 3 rings (SSSR count). The van der Waals surface area contributed by atoms with E-state index < -0.39 is 12.1 Å². The lowest BCUT2D eigenvalue weighted by molar-refractivity contribution is -0.127. The summed E-state index contributed by atoms with van der Waals surface area (Å²) in [7, 11) is 1.35. The summed E-state index contributed by atoms with van der Waals surface area (Å²) in [6.45, 7) is 1.02. The van der Waals surface area contributed by atoms with E-state index in [0.29, 0.717) is 19.5 Å². The fourth-order valence-corrected chi connectivity index (χ4v) is 3.42. The van der Waals surface area contributed by atoms with E-state index in [1.807, 2.05) is 6.20 Å². The molecule has 0 radical (unpaired) electrons. The largest absolute Gasteiger partial charge is 0.453 e. The fourth-order valence-electron chi connectivity index (χ4n) is 3.42. The Morgan fingerprint density at radius 1 is 1.35 bits per heavy atom. The van der Waals surface area contributed by atoms with Crippen molar-refractivity contribution >= 4 is 12.0 Å². The first-order chi connectivity index (χ1) is 11.2. The SMILES string of the molecule is COC(=O)N1CCCC[C@@H]1C(=O)NCc1cnc2c(c1)CCC2. The maximum Gasteiger partial charge on any atom is 0.410 e. The second-order valence-corrected chi connectivity index (χ2v) is 6.20. The number of aryl methyl sites for hydroxylation is 2. The number of pyridine rings is 1. The second kappa shape index (κ2) is 6.98. The van der Waals surface area contributed by atoms with Gasteiger partial charge < -0.3 is 10.1 Å². The predicted octanol–water partition coefficient (Wildman–Crippen LogP) is 1.81. The number of carbonyl (C=O) groups is 2. The summed E-state index contributed by atoms with van der Waals surface area (Å²) in [5.74, 6) is -0.115. The van der Waals surface area contributed by atoms with Gasteiger partial charge in [0.15, 0.2) is 0 Å². The Bertz CT molecular complexity index is 603. The molecule has 0 unspecified atom stereocenters. The van der Waals surface area contributed by atoms with E-state index in [0.717, 1.165) is 37.7 Å². The third-order valence-electron chi connectivity index (χ3n) is 4.66. The van der Waals surface area contributed by atoms with Crippen LogP contribution in [0.1, 0.15) is 42.5 Å². The molecule has 0 aromatic carbocycles. The number of amides is 2. The minimum atomic E-state index is -0.432. The molecule has 1 fully saturated rings. The van der Waals surface area contributed by atoms with E-state index in [1.165, 1.54) is 23.3 Å². The highest BCUT2D eigenvalue weighted by molar-refractivity contribution is 5.85. The van der Waals surface area contributed by atoms with Crippen LogP contribution in [0.4, 0.5) is 4.79 Å². The van der Waals surface area contributed by atoms with Crippen LogP contribution in [-0.4, -0.2) is 41.6 Å². The molecule has 6 nitrogen and oxygen atoms in total. The molecule has 124 valence electrons. The lowest BCUT2D eigenvalue weighted by Crippen LogP contribution is -2.51. The van der Waals surface area contributed by atoms with Gasteiger partial charge in [-0.05, 0) is 49.7 Å². The van der Waals surface area contributed by atoms with E-state index in [4.69, 9.17) is 4.74 Å². The Labute approximate surface area is 136 Å². The number of nitrogens with one attached hydrogen (secondary N) is 1. The van der Waals surface area contributed by atoms with Crippen LogP contribution < -0.4 is 5.32 Å². The van der Waals surface area contributed by atoms with Crippen LogP contribution in [0, 0.1) is 0 Å². The van der Waals surface area contributed by atoms with Crippen LogP contribution in [-0.2, 0) is 28.9 Å². The normalized spacial score (nSPS) is 20.0. The van der Waals surface area contributed by atoms with Crippen molar-refractivity contribution in [3.8, 4) is 0 Å². The van der Waals surface area contributed by atoms with Crippen molar-refractivity contribution in [3.05, 3.63) is 29.1 Å². The molecular weight excluding hydrogens is 294 g/mol. The number of piperidine rings is 1. The quantitative estimate of drug-likeness (QED) is 0.923. The monoisotopic (exact) mass is 317 g/mol. The van der Waals surface area contributed by atoms with Crippen LogP contribution in [0.15, 0.2) is 12.3 Å². The number of nitrogens with zero attached hydrogens (tertiary/aromatic N) is 2. The molecular formula is C17H23N3O3. The molecule has 1 atom stereocenters. The smallest absolute Gasteiger partial charge is 0.410 e. The highest BCUT2D eigenvalue weighted by Gasteiger charge is 2.32. The number of hydrogen-bond donors (Lipinski definition) is 1. The summed E-state index contributed by atoms with van der Waals surface area (Å²) in [5, 5.41) is 2.94. The molecule has 0 saturated carbocycles. The van der Waals surface area contributed by atoms with E-state index in [9.17, 15) is 9.59 Å². The zero-order valence-corrected chi connectivity index (χ0v) is 13.5. The van der Waals surface area contributed by atoms with Crippen molar-refractivity contribution < 1.29 is 14.3 Å². The highest BCUT2D eigenvalue weighted by atomic mass is 16.5. The van der Waals surface area contributed by atoms with Crippen molar-refractivity contribution in [1.82, 2.24) is 15.2 Å². The summed E-state index contributed by atoms with van der Waals surface area (Å²) in [5.41, 5.74) is 3.49. The zero-order chi connectivity index (χ0) is 16.2. The first-order valence-electron chi connectivity index (χ1n) is 8.28. The molecule has 23 heavy (non-hydrogen) atoms. The van der Waals surface area contributed by atoms with Crippen LogP contribution in [0.3, 0.4) is 0 Å². The summed E-state index contributed by atoms with van der Waals surface area (Å²) in [6.07, 6.45) is 7.24. The van der Waals surface area contributed by atoms with Gasteiger partial charge >= 0.3 is 6.09 Å². The molecule has 2 amide bonds. The minimum absolute atomic E-state index is 0.115. The predicted molar refractivity (Wildman–Crippen MR) is 84.9 cm³/mol. The third kappa shape index (κ3) is 3.46. The topological polar surface area (TPSA) is 71.5 Å². The average Bonchev–Trinajstić information content (AvgIpc) is 3.06. The molecule has 2 heterocycles. The van der Waals surface area contributed by atoms with Gasteiger partial charge in [-0.1, -0.05) is 6.07 Å². The van der Waals surface area contributed by atoms with Crippen molar-refractivity contribution in [2.45, 2.75) is 51.1 Å². The molecule has 1 saturated heterocycles. The molecule has 0 spiro atoms. The first kappa shape index (κ1) is 15.8. The van der Waals surface area contributed by atoms with Gasteiger partial charge in [0.2, 0.25) is 5.91 Å². The van der Waals surface area contributed by atoms with E-state index in [2.05, 4.69) is 16.4 Å². The maximum absolute atomic E-state index is 12.5. The van der Waals surface area contributed by atoms with Gasteiger partial charge in [-0.3, -0.25) is 14.7 Å². The lowest BCUT2D eigenvalue weighted by atomic mass is 10.0. The van der Waals surface area contributed by atoms with Crippen LogP contribution in [0.25, 0.3) is 0 Å². The Morgan fingerprint density at radius 3 is 3.04 bits per heavy atom. The lowest BCUT2D eigenvalue weighted by Gasteiger charge is -2.33. The van der Waals surface area contributed by atoms with Gasteiger partial charge in [0, 0.05) is 25.0 Å². The van der Waals surface area contributed by atoms with Crippen molar-refractivity contribution in [2.75, 3.05) is 13.7 Å². The molecule has 0 bridgehead atoms. The number of likely N-dealkylation sites (tertiary alicyclic amines) is 1. The number of carbonyl (C=O) groups excluding carboxylic acids is 2. The molecule has 2 aliphatic rings. The van der Waals surface area contributed by atoms with Crippen molar-refractivity contribution in [2.24, 2.45) is 0 Å².